The highest BCUT2D eigenvalue weighted by Crippen LogP contribution is 2.42. The molecule has 2 aliphatic rings. The van der Waals surface area contributed by atoms with E-state index in [1.54, 1.807) is 0 Å². The van der Waals surface area contributed by atoms with Crippen LogP contribution in [0.1, 0.15) is 23.5 Å². The van der Waals surface area contributed by atoms with Crippen molar-refractivity contribution in [3.05, 3.63) is 35.5 Å². The number of benzene rings is 1. The van der Waals surface area contributed by atoms with Crippen LogP contribution in [-0.4, -0.2) is 51.0 Å². The number of hydrogen-bond acceptors (Lipinski definition) is 3. The summed E-state index contributed by atoms with van der Waals surface area (Å²) in [5.41, 5.74) is 3.89. The Hall–Kier alpha value is -1.41. The second kappa shape index (κ2) is 5.31. The van der Waals surface area contributed by atoms with Gasteiger partial charge in [0, 0.05) is 48.7 Å². The van der Waals surface area contributed by atoms with Gasteiger partial charge in [0.25, 0.3) is 10.2 Å². The second-order valence-electron chi connectivity index (χ2n) is 6.66. The van der Waals surface area contributed by atoms with E-state index in [1.165, 1.54) is 29.1 Å². The first-order valence-electron chi connectivity index (χ1n) is 7.98. The minimum absolute atomic E-state index is 0.0746. The predicted molar refractivity (Wildman–Crippen MR) is 90.7 cm³/mol. The summed E-state index contributed by atoms with van der Waals surface area (Å²) >= 11 is 0. The number of rotatable bonds is 3. The van der Waals surface area contributed by atoms with Gasteiger partial charge in [-0.1, -0.05) is 12.1 Å². The van der Waals surface area contributed by atoms with Crippen molar-refractivity contribution in [2.75, 3.05) is 20.6 Å². The van der Waals surface area contributed by atoms with Gasteiger partial charge in [-0.3, -0.25) is 0 Å². The SMILES string of the molecule is CNS(=O)(=O)NC1CC2c3cccc4[nH]cc(c34)CC2N(C)C1. The molecule has 0 saturated carbocycles. The molecule has 0 spiro atoms. The van der Waals surface area contributed by atoms with Crippen molar-refractivity contribution < 1.29 is 8.42 Å². The fourth-order valence-electron chi connectivity index (χ4n) is 4.31. The number of likely N-dealkylation sites (N-methyl/N-ethyl adjacent to an activating group) is 1. The molecule has 0 amide bonds. The summed E-state index contributed by atoms with van der Waals surface area (Å²) < 4.78 is 28.8. The van der Waals surface area contributed by atoms with Gasteiger partial charge in [0.1, 0.15) is 0 Å². The maximum atomic E-state index is 11.8. The second-order valence-corrected chi connectivity index (χ2v) is 8.31. The van der Waals surface area contributed by atoms with Crippen LogP contribution < -0.4 is 9.44 Å². The van der Waals surface area contributed by atoms with Crippen molar-refractivity contribution in [3.63, 3.8) is 0 Å². The largest absolute Gasteiger partial charge is 0.361 e. The van der Waals surface area contributed by atoms with E-state index in [9.17, 15) is 8.42 Å². The summed E-state index contributed by atoms with van der Waals surface area (Å²) in [6.45, 7) is 0.734. The zero-order chi connectivity index (χ0) is 16.2. The van der Waals surface area contributed by atoms with Crippen LogP contribution in [0.2, 0.25) is 0 Å². The van der Waals surface area contributed by atoms with E-state index >= 15 is 0 Å². The van der Waals surface area contributed by atoms with Crippen LogP contribution in [0.3, 0.4) is 0 Å². The van der Waals surface area contributed by atoms with Gasteiger partial charge < -0.3 is 9.88 Å². The van der Waals surface area contributed by atoms with Gasteiger partial charge in [-0.2, -0.15) is 13.1 Å². The lowest BCUT2D eigenvalue weighted by Crippen LogP contribution is -2.55. The fraction of sp³-hybridized carbons (Fsp3) is 0.500. The lowest BCUT2D eigenvalue weighted by atomic mass is 9.74. The topological polar surface area (TPSA) is 77.2 Å². The minimum atomic E-state index is -3.41. The van der Waals surface area contributed by atoms with Gasteiger partial charge in [-0.25, -0.2) is 4.72 Å². The van der Waals surface area contributed by atoms with Gasteiger partial charge >= 0.3 is 0 Å². The van der Waals surface area contributed by atoms with Crippen LogP contribution in [0.5, 0.6) is 0 Å². The van der Waals surface area contributed by atoms with Crippen molar-refractivity contribution in [1.29, 1.82) is 0 Å². The molecule has 0 bridgehead atoms. The first kappa shape index (κ1) is 15.1. The molecule has 0 radical (unpaired) electrons. The van der Waals surface area contributed by atoms with Crippen molar-refractivity contribution in [2.45, 2.75) is 30.8 Å². The van der Waals surface area contributed by atoms with Gasteiger partial charge in [-0.15, -0.1) is 0 Å². The number of piperidine rings is 1. The van der Waals surface area contributed by atoms with Crippen LogP contribution in [0.4, 0.5) is 0 Å². The maximum absolute atomic E-state index is 11.8. The standard InChI is InChI=1S/C16H22N4O2S/c1-17-23(21,22)19-11-7-13-12-4-3-5-14-16(12)10(8-18-14)6-15(13)20(2)9-11/h3-5,8,11,13,15,17-19H,6-7,9H2,1-2H3. The molecule has 1 saturated heterocycles. The molecule has 2 heterocycles. The summed E-state index contributed by atoms with van der Waals surface area (Å²) in [5, 5.41) is 1.33. The van der Waals surface area contributed by atoms with Gasteiger partial charge in [0.2, 0.25) is 0 Å². The summed E-state index contributed by atoms with van der Waals surface area (Å²) in [6.07, 6.45) is 3.97. The fourth-order valence-corrected chi connectivity index (χ4v) is 5.03. The Morgan fingerprint density at radius 1 is 1.35 bits per heavy atom. The molecule has 124 valence electrons. The average molecular weight is 334 g/mol. The predicted octanol–water partition coefficient (Wildman–Crippen LogP) is 0.934. The molecule has 1 aromatic carbocycles. The summed E-state index contributed by atoms with van der Waals surface area (Å²) in [5.74, 6) is 0.352. The van der Waals surface area contributed by atoms with Crippen LogP contribution in [-0.2, 0) is 16.6 Å². The number of hydrogen-bond donors (Lipinski definition) is 3. The number of aromatic amines is 1. The zero-order valence-corrected chi connectivity index (χ0v) is 14.2. The highest BCUT2D eigenvalue weighted by molar-refractivity contribution is 7.87. The molecular weight excluding hydrogens is 312 g/mol. The van der Waals surface area contributed by atoms with E-state index in [4.69, 9.17) is 0 Å². The van der Waals surface area contributed by atoms with E-state index in [0.717, 1.165) is 19.4 Å². The molecule has 3 N–H and O–H groups in total. The molecule has 23 heavy (non-hydrogen) atoms. The molecule has 1 aliphatic heterocycles. The van der Waals surface area contributed by atoms with Crippen molar-refractivity contribution in [3.8, 4) is 0 Å². The number of nitrogens with one attached hydrogen (secondary N) is 3. The Morgan fingerprint density at radius 3 is 2.96 bits per heavy atom. The maximum Gasteiger partial charge on any atom is 0.276 e. The summed E-state index contributed by atoms with van der Waals surface area (Å²) in [4.78, 5) is 5.66. The van der Waals surface area contributed by atoms with Crippen molar-refractivity contribution in [2.24, 2.45) is 0 Å². The van der Waals surface area contributed by atoms with E-state index in [2.05, 4.69) is 50.8 Å². The number of aromatic nitrogens is 1. The highest BCUT2D eigenvalue weighted by atomic mass is 32.2. The minimum Gasteiger partial charge on any atom is -0.361 e. The molecule has 2 aromatic rings. The zero-order valence-electron chi connectivity index (χ0n) is 13.3. The third-order valence-corrected chi connectivity index (χ3v) is 6.50. The molecule has 4 rings (SSSR count). The third kappa shape index (κ3) is 2.48. The number of fused-ring (bicyclic) bond motifs is 2. The monoisotopic (exact) mass is 334 g/mol. The van der Waals surface area contributed by atoms with Crippen molar-refractivity contribution >= 4 is 21.1 Å². The van der Waals surface area contributed by atoms with Gasteiger partial charge in [0.05, 0.1) is 0 Å². The first-order chi connectivity index (χ1) is 11.0. The van der Waals surface area contributed by atoms with E-state index < -0.39 is 10.2 Å². The Bertz CT molecular complexity index is 845. The Balaban J connectivity index is 1.71. The lowest BCUT2D eigenvalue weighted by molar-refractivity contribution is 0.135. The number of H-pyrrole nitrogens is 1. The van der Waals surface area contributed by atoms with Crippen LogP contribution in [0.15, 0.2) is 24.4 Å². The molecular formula is C16H22N4O2S. The van der Waals surface area contributed by atoms with Crippen LogP contribution in [0.25, 0.3) is 10.9 Å². The molecule has 1 aliphatic carbocycles. The van der Waals surface area contributed by atoms with Crippen LogP contribution in [0, 0.1) is 0 Å². The molecule has 1 aromatic heterocycles. The average Bonchev–Trinajstić information content (AvgIpc) is 2.93. The Kier molecular flexibility index (Phi) is 3.49. The number of likely N-dealkylation sites (tertiary alicyclic amines) is 1. The van der Waals surface area contributed by atoms with Crippen molar-refractivity contribution in [1.82, 2.24) is 19.3 Å². The molecule has 3 unspecified atom stereocenters. The smallest absolute Gasteiger partial charge is 0.276 e. The Morgan fingerprint density at radius 2 is 2.17 bits per heavy atom. The summed E-state index contributed by atoms with van der Waals surface area (Å²) in [6, 6.07) is 6.74. The van der Waals surface area contributed by atoms with Gasteiger partial charge in [0.15, 0.2) is 0 Å². The lowest BCUT2D eigenvalue weighted by Gasteiger charge is -2.45. The van der Waals surface area contributed by atoms with Gasteiger partial charge in [-0.05, 0) is 37.1 Å². The first-order valence-corrected chi connectivity index (χ1v) is 9.46. The number of nitrogens with zero attached hydrogens (tertiary/aromatic N) is 1. The Labute approximate surface area is 136 Å². The van der Waals surface area contributed by atoms with E-state index in [0.29, 0.717) is 12.0 Å². The molecule has 6 nitrogen and oxygen atoms in total. The van der Waals surface area contributed by atoms with E-state index in [-0.39, 0.29) is 6.04 Å². The highest BCUT2D eigenvalue weighted by Gasteiger charge is 2.40. The van der Waals surface area contributed by atoms with Crippen LogP contribution >= 0.6 is 0 Å². The van der Waals surface area contributed by atoms with E-state index in [1.807, 2.05) is 0 Å². The summed E-state index contributed by atoms with van der Waals surface area (Å²) in [7, 11) is 0.113. The quantitative estimate of drug-likeness (QED) is 0.782. The normalized spacial score (nSPS) is 28.0. The molecule has 7 heteroatoms. The molecule has 3 atom stereocenters. The third-order valence-electron chi connectivity index (χ3n) is 5.32. The molecule has 1 fully saturated rings.